The van der Waals surface area contributed by atoms with Crippen LogP contribution in [0.1, 0.15) is 27.7 Å². The topological polar surface area (TPSA) is 44.2 Å². The van der Waals surface area contributed by atoms with Crippen LogP contribution >= 0.6 is 0 Å². The maximum absolute atomic E-state index is 6.23. The van der Waals surface area contributed by atoms with Gasteiger partial charge in [0.15, 0.2) is 5.82 Å². The quantitative estimate of drug-likeness (QED) is 0.231. The lowest BCUT2D eigenvalue weighted by Gasteiger charge is -2.32. The number of hydrogen-bond acceptors (Lipinski definition) is 4. The van der Waals surface area contributed by atoms with E-state index in [1.165, 1.54) is 0 Å². The summed E-state index contributed by atoms with van der Waals surface area (Å²) in [6, 6.07) is 39.4. The Kier molecular flexibility index (Phi) is 6.42. The highest BCUT2D eigenvalue weighted by Crippen LogP contribution is 2.37. The molecule has 0 amide bonds. The molecule has 0 radical (unpaired) electrons. The molecule has 1 aromatic heterocycles. The maximum atomic E-state index is 6.23. The van der Waals surface area contributed by atoms with Crippen LogP contribution < -0.4 is 5.46 Å². The zero-order valence-electron chi connectivity index (χ0n) is 22.8. The predicted octanol–water partition coefficient (Wildman–Crippen LogP) is 7.44. The highest BCUT2D eigenvalue weighted by molar-refractivity contribution is 6.62. The fraction of sp³-hybridized carbons (Fsp3) is 0.176. The molecule has 4 nitrogen and oxygen atoms in total. The molecule has 39 heavy (non-hydrogen) atoms. The fourth-order valence-electron chi connectivity index (χ4n) is 4.74. The molecule has 0 N–H and O–H groups in total. The number of benzene rings is 4. The van der Waals surface area contributed by atoms with E-state index in [1.54, 1.807) is 0 Å². The average Bonchev–Trinajstić information content (AvgIpc) is 3.20. The minimum atomic E-state index is -0.371. The van der Waals surface area contributed by atoms with Gasteiger partial charge in [-0.2, -0.15) is 0 Å². The second-order valence-electron chi connectivity index (χ2n) is 11.0. The van der Waals surface area contributed by atoms with E-state index in [9.17, 15) is 0 Å². The molecule has 0 saturated carbocycles. The normalized spacial score (nSPS) is 15.8. The lowest BCUT2D eigenvalue weighted by Crippen LogP contribution is -2.41. The van der Waals surface area contributed by atoms with Crippen molar-refractivity contribution in [3.8, 4) is 45.0 Å². The van der Waals surface area contributed by atoms with Crippen molar-refractivity contribution in [3.05, 3.63) is 115 Å². The Hall–Kier alpha value is -4.06. The number of aromatic nitrogens is 2. The lowest BCUT2D eigenvalue weighted by atomic mass is 9.78. The van der Waals surface area contributed by atoms with E-state index in [0.717, 1.165) is 44.7 Å². The standard InChI is InChI=1S/C34H31BN2O2/c1-33(2)34(3,4)39-35(38-33)29-20-18-24(19-21-29)27-16-11-17-28(22-27)31-23-30(25-12-7-5-8-13-25)36-32(37-31)26-14-9-6-10-15-26/h5-23H,1-4H3. The van der Waals surface area contributed by atoms with Crippen LogP contribution in [0.25, 0.3) is 45.0 Å². The van der Waals surface area contributed by atoms with Gasteiger partial charge in [-0.05, 0) is 56.4 Å². The second kappa shape index (κ2) is 9.92. The van der Waals surface area contributed by atoms with Crippen LogP contribution in [0, 0.1) is 0 Å². The van der Waals surface area contributed by atoms with E-state index < -0.39 is 0 Å². The second-order valence-corrected chi connectivity index (χ2v) is 11.0. The van der Waals surface area contributed by atoms with Crippen molar-refractivity contribution in [2.45, 2.75) is 38.9 Å². The van der Waals surface area contributed by atoms with Crippen molar-refractivity contribution in [3.63, 3.8) is 0 Å². The van der Waals surface area contributed by atoms with Gasteiger partial charge in [-0.3, -0.25) is 0 Å². The molecule has 0 atom stereocenters. The highest BCUT2D eigenvalue weighted by Gasteiger charge is 2.51. The summed E-state index contributed by atoms with van der Waals surface area (Å²) < 4.78 is 12.5. The van der Waals surface area contributed by atoms with Crippen LogP contribution in [0.5, 0.6) is 0 Å². The van der Waals surface area contributed by atoms with Gasteiger partial charge in [0, 0.05) is 16.7 Å². The highest BCUT2D eigenvalue weighted by atomic mass is 16.7. The Morgan fingerprint density at radius 2 is 1.00 bits per heavy atom. The zero-order chi connectivity index (χ0) is 27.0. The molecule has 0 aliphatic carbocycles. The molecular weight excluding hydrogens is 479 g/mol. The molecule has 1 fully saturated rings. The molecule has 0 bridgehead atoms. The largest absolute Gasteiger partial charge is 0.494 e. The molecule has 0 unspecified atom stereocenters. The monoisotopic (exact) mass is 510 g/mol. The van der Waals surface area contributed by atoms with Crippen molar-refractivity contribution < 1.29 is 9.31 Å². The van der Waals surface area contributed by atoms with Crippen LogP contribution in [0.4, 0.5) is 0 Å². The predicted molar refractivity (Wildman–Crippen MR) is 159 cm³/mol. The number of rotatable bonds is 5. The molecule has 2 heterocycles. The first kappa shape index (κ1) is 25.2. The van der Waals surface area contributed by atoms with Crippen LogP contribution in [-0.2, 0) is 9.31 Å². The zero-order valence-corrected chi connectivity index (χ0v) is 22.8. The molecule has 1 saturated heterocycles. The van der Waals surface area contributed by atoms with Gasteiger partial charge >= 0.3 is 7.12 Å². The van der Waals surface area contributed by atoms with Crippen molar-refractivity contribution >= 4 is 12.6 Å². The fourth-order valence-corrected chi connectivity index (χ4v) is 4.74. The van der Waals surface area contributed by atoms with E-state index in [2.05, 4.69) is 94.4 Å². The summed E-state index contributed by atoms with van der Waals surface area (Å²) in [6.45, 7) is 8.30. The molecule has 1 aliphatic heterocycles. The molecular formula is C34H31BN2O2. The summed E-state index contributed by atoms with van der Waals surface area (Å²) >= 11 is 0. The Bertz CT molecular complexity index is 1530. The van der Waals surface area contributed by atoms with Crippen LogP contribution in [0.2, 0.25) is 0 Å². The minimum Gasteiger partial charge on any atom is -0.399 e. The van der Waals surface area contributed by atoms with Gasteiger partial charge in [0.05, 0.1) is 22.6 Å². The molecule has 0 spiro atoms. The third-order valence-electron chi connectivity index (χ3n) is 7.76. The van der Waals surface area contributed by atoms with Crippen molar-refractivity contribution in [2.75, 3.05) is 0 Å². The molecule has 6 rings (SSSR count). The smallest absolute Gasteiger partial charge is 0.399 e. The number of hydrogen-bond donors (Lipinski definition) is 0. The van der Waals surface area contributed by atoms with Crippen molar-refractivity contribution in [1.29, 1.82) is 0 Å². The van der Waals surface area contributed by atoms with Gasteiger partial charge in [-0.1, -0.05) is 103 Å². The lowest BCUT2D eigenvalue weighted by molar-refractivity contribution is 0.00578. The van der Waals surface area contributed by atoms with Crippen LogP contribution in [0.15, 0.2) is 115 Å². The Balaban J connectivity index is 1.35. The average molecular weight is 510 g/mol. The third-order valence-corrected chi connectivity index (χ3v) is 7.76. The molecule has 5 aromatic rings. The summed E-state index contributed by atoms with van der Waals surface area (Å²) in [5.74, 6) is 0.712. The molecule has 4 aromatic carbocycles. The SMILES string of the molecule is CC1(C)OB(c2ccc(-c3cccc(-c4cc(-c5ccccc5)nc(-c5ccccc5)n4)c3)cc2)OC1(C)C. The van der Waals surface area contributed by atoms with Gasteiger partial charge in [0.2, 0.25) is 0 Å². The Morgan fingerprint density at radius 3 is 1.62 bits per heavy atom. The van der Waals surface area contributed by atoms with Crippen molar-refractivity contribution in [2.24, 2.45) is 0 Å². The molecule has 5 heteroatoms. The van der Waals surface area contributed by atoms with Crippen LogP contribution in [-0.4, -0.2) is 28.3 Å². The van der Waals surface area contributed by atoms with Gasteiger partial charge in [0.1, 0.15) is 0 Å². The Labute approximate surface area is 230 Å². The van der Waals surface area contributed by atoms with E-state index in [0.29, 0.717) is 5.82 Å². The van der Waals surface area contributed by atoms with E-state index in [4.69, 9.17) is 19.3 Å². The Morgan fingerprint density at radius 1 is 0.487 bits per heavy atom. The van der Waals surface area contributed by atoms with Gasteiger partial charge in [-0.25, -0.2) is 9.97 Å². The molecule has 192 valence electrons. The maximum Gasteiger partial charge on any atom is 0.494 e. The minimum absolute atomic E-state index is 0.362. The summed E-state index contributed by atoms with van der Waals surface area (Å²) in [5.41, 5.74) is 7.42. The van der Waals surface area contributed by atoms with Gasteiger partial charge in [-0.15, -0.1) is 0 Å². The first-order chi connectivity index (χ1) is 18.8. The summed E-state index contributed by atoms with van der Waals surface area (Å²) in [4.78, 5) is 9.90. The van der Waals surface area contributed by atoms with Crippen molar-refractivity contribution in [1.82, 2.24) is 9.97 Å². The van der Waals surface area contributed by atoms with Gasteiger partial charge < -0.3 is 9.31 Å². The van der Waals surface area contributed by atoms with E-state index in [-0.39, 0.29) is 18.3 Å². The van der Waals surface area contributed by atoms with Gasteiger partial charge in [0.25, 0.3) is 0 Å². The van der Waals surface area contributed by atoms with E-state index in [1.807, 2.05) is 48.5 Å². The third kappa shape index (κ3) is 5.03. The summed E-state index contributed by atoms with van der Waals surface area (Å²) in [7, 11) is -0.371. The number of nitrogens with zero attached hydrogens (tertiary/aromatic N) is 2. The van der Waals surface area contributed by atoms with E-state index >= 15 is 0 Å². The summed E-state index contributed by atoms with van der Waals surface area (Å²) in [5, 5.41) is 0. The summed E-state index contributed by atoms with van der Waals surface area (Å²) in [6.07, 6.45) is 0. The first-order valence-corrected chi connectivity index (χ1v) is 13.4. The van der Waals surface area contributed by atoms with Crippen LogP contribution in [0.3, 0.4) is 0 Å². The first-order valence-electron chi connectivity index (χ1n) is 13.4. The molecule has 1 aliphatic rings.